The van der Waals surface area contributed by atoms with E-state index in [1.54, 1.807) is 85.7 Å². The third-order valence-corrected chi connectivity index (χ3v) is 6.48. The molecule has 0 aliphatic rings. The smallest absolute Gasteiger partial charge is 0.408 e. The average molecular weight is 637 g/mol. The number of carbonyl (C=O) groups excluding carboxylic acids is 5. The molecule has 2 rings (SSSR count). The lowest BCUT2D eigenvalue weighted by molar-refractivity contribution is -0.159. The van der Waals surface area contributed by atoms with Crippen molar-refractivity contribution >= 4 is 35.9 Å². The van der Waals surface area contributed by atoms with Gasteiger partial charge in [0.05, 0.1) is 6.42 Å². The number of alkyl carbamates (subject to hydrolysis) is 1. The molecule has 4 N–H and O–H groups in total. The number of carbonyl (C=O) groups is 5. The van der Waals surface area contributed by atoms with Gasteiger partial charge in [-0.05, 0) is 78.1 Å². The molecule has 3 unspecified atom stereocenters. The van der Waals surface area contributed by atoms with Crippen molar-refractivity contribution in [1.29, 1.82) is 0 Å². The maximum atomic E-state index is 14.4. The molecule has 0 heterocycles. The van der Waals surface area contributed by atoms with Crippen LogP contribution in [0.1, 0.15) is 84.5 Å². The molecule has 0 spiro atoms. The van der Waals surface area contributed by atoms with Gasteiger partial charge in [0, 0.05) is 12.5 Å². The highest BCUT2D eigenvalue weighted by atomic mass is 16.6. The van der Waals surface area contributed by atoms with Gasteiger partial charge >= 0.3 is 12.1 Å². The van der Waals surface area contributed by atoms with Crippen LogP contribution >= 0.6 is 0 Å². The Kier molecular flexibility index (Phi) is 13.1. The van der Waals surface area contributed by atoms with E-state index in [1.807, 2.05) is 30.3 Å². The molecular weight excluding hydrogens is 588 g/mol. The summed E-state index contributed by atoms with van der Waals surface area (Å²) < 4.78 is 11.0. The van der Waals surface area contributed by atoms with Gasteiger partial charge in [-0.2, -0.15) is 0 Å². The molecule has 11 heteroatoms. The highest BCUT2D eigenvalue weighted by molar-refractivity contribution is 5.96. The number of nitrogens with one attached hydrogen (secondary N) is 2. The number of hydrogen-bond acceptors (Lipinski definition) is 7. The summed E-state index contributed by atoms with van der Waals surface area (Å²) in [5.41, 5.74) is 5.63. The first kappa shape index (κ1) is 37.5. The van der Waals surface area contributed by atoms with Crippen molar-refractivity contribution in [3.05, 3.63) is 77.9 Å². The van der Waals surface area contributed by atoms with Gasteiger partial charge in [-0.15, -0.1) is 0 Å². The van der Waals surface area contributed by atoms with Gasteiger partial charge in [-0.25, -0.2) is 9.59 Å². The van der Waals surface area contributed by atoms with E-state index in [9.17, 15) is 24.0 Å². The van der Waals surface area contributed by atoms with Crippen LogP contribution in [-0.4, -0.2) is 64.0 Å². The Bertz CT molecular complexity index is 1390. The molecule has 0 fully saturated rings. The predicted octanol–water partition coefficient (Wildman–Crippen LogP) is 4.45. The van der Waals surface area contributed by atoms with E-state index in [0.717, 1.165) is 5.56 Å². The largest absolute Gasteiger partial charge is 0.458 e. The average Bonchev–Trinajstić information content (AvgIpc) is 2.93. The van der Waals surface area contributed by atoms with Gasteiger partial charge in [0.25, 0.3) is 0 Å². The fourth-order valence-corrected chi connectivity index (χ4v) is 4.67. The van der Waals surface area contributed by atoms with Gasteiger partial charge < -0.3 is 30.7 Å². The van der Waals surface area contributed by atoms with Gasteiger partial charge in [-0.3, -0.25) is 14.4 Å². The molecule has 0 saturated carbocycles. The lowest BCUT2D eigenvalue weighted by Crippen LogP contribution is -2.57. The number of primary amides is 1. The van der Waals surface area contributed by atoms with Crippen LogP contribution in [0, 0.1) is 0 Å². The summed E-state index contributed by atoms with van der Waals surface area (Å²) in [4.78, 5) is 68.1. The number of esters is 1. The van der Waals surface area contributed by atoms with Crippen molar-refractivity contribution in [2.75, 3.05) is 0 Å². The summed E-state index contributed by atoms with van der Waals surface area (Å²) in [5, 5.41) is 5.28. The molecule has 250 valence electrons. The Balaban J connectivity index is 2.64. The fourth-order valence-electron chi connectivity index (χ4n) is 4.67. The SMILES string of the molecule is C=Cc1cccc(C(C(=O)NC(Cc2ccccc2)C(=O)OC(C)(C)C)N(C(=O)C(CC(N)=O)NC(=O)OC(C)(C)C)C(C)C)c1. The van der Waals surface area contributed by atoms with Crippen molar-refractivity contribution in [2.24, 2.45) is 5.73 Å². The molecule has 4 amide bonds. The van der Waals surface area contributed by atoms with Gasteiger partial charge in [0.2, 0.25) is 17.7 Å². The van der Waals surface area contributed by atoms with Crippen LogP contribution in [0.4, 0.5) is 4.79 Å². The Morgan fingerprint density at radius 2 is 1.48 bits per heavy atom. The number of amides is 4. The summed E-state index contributed by atoms with van der Waals surface area (Å²) in [6.45, 7) is 17.3. The fraction of sp³-hybridized carbons (Fsp3) is 0.457. The third kappa shape index (κ3) is 12.0. The van der Waals surface area contributed by atoms with Crippen LogP contribution in [0.5, 0.6) is 0 Å². The summed E-state index contributed by atoms with van der Waals surface area (Å²) in [6.07, 6.45) is 0.245. The Morgan fingerprint density at radius 1 is 0.870 bits per heavy atom. The summed E-state index contributed by atoms with van der Waals surface area (Å²) in [5.74, 6) is -2.92. The van der Waals surface area contributed by atoms with E-state index in [-0.39, 0.29) is 6.42 Å². The molecule has 3 atom stereocenters. The van der Waals surface area contributed by atoms with E-state index in [1.165, 1.54) is 4.90 Å². The third-order valence-electron chi connectivity index (χ3n) is 6.48. The Labute approximate surface area is 271 Å². The zero-order valence-electron chi connectivity index (χ0n) is 28.1. The molecule has 11 nitrogen and oxygen atoms in total. The maximum absolute atomic E-state index is 14.4. The number of nitrogens with zero attached hydrogens (tertiary/aromatic N) is 1. The van der Waals surface area contributed by atoms with E-state index < -0.39 is 71.6 Å². The number of nitrogens with two attached hydrogens (primary N) is 1. The first-order valence-corrected chi connectivity index (χ1v) is 15.2. The Morgan fingerprint density at radius 3 is 2.00 bits per heavy atom. The molecule has 0 aromatic heterocycles. The standard InChI is InChI=1S/C35H48N4O7/c1-10-23-17-14-18-25(19-23)29(30(41)37-27(32(43)45-34(4,5)6)20-24-15-12-11-13-16-24)39(22(2)3)31(42)26(21-28(36)40)38-33(44)46-35(7,8)9/h10-19,22,26-27,29H,1,20-21H2,2-9H3,(H2,36,40)(H,37,41)(H,38,44). The van der Waals surface area contributed by atoms with Gasteiger partial charge in [0.1, 0.15) is 29.3 Å². The van der Waals surface area contributed by atoms with E-state index >= 15 is 0 Å². The number of rotatable bonds is 13. The first-order chi connectivity index (χ1) is 21.3. The topological polar surface area (TPSA) is 157 Å². The highest BCUT2D eigenvalue weighted by Gasteiger charge is 2.40. The number of hydrogen-bond donors (Lipinski definition) is 3. The summed E-state index contributed by atoms with van der Waals surface area (Å²) in [7, 11) is 0. The van der Waals surface area contributed by atoms with Crippen molar-refractivity contribution in [1.82, 2.24) is 15.5 Å². The predicted molar refractivity (Wildman–Crippen MR) is 176 cm³/mol. The molecule has 2 aromatic carbocycles. The molecular formula is C35H48N4O7. The second kappa shape index (κ2) is 16.1. The minimum Gasteiger partial charge on any atom is -0.458 e. The summed E-state index contributed by atoms with van der Waals surface area (Å²) >= 11 is 0. The zero-order chi connectivity index (χ0) is 34.8. The van der Waals surface area contributed by atoms with Crippen molar-refractivity contribution in [3.8, 4) is 0 Å². The molecule has 0 aliphatic heterocycles. The van der Waals surface area contributed by atoms with Gasteiger partial charge in [-0.1, -0.05) is 61.2 Å². The second-order valence-electron chi connectivity index (χ2n) is 13.3. The van der Waals surface area contributed by atoms with Crippen molar-refractivity contribution in [3.63, 3.8) is 0 Å². The van der Waals surface area contributed by atoms with Crippen LogP contribution < -0.4 is 16.4 Å². The lowest BCUT2D eigenvalue weighted by atomic mass is 9.97. The van der Waals surface area contributed by atoms with Crippen LogP contribution in [0.2, 0.25) is 0 Å². The van der Waals surface area contributed by atoms with E-state index in [0.29, 0.717) is 11.1 Å². The molecule has 2 aromatic rings. The minimum atomic E-state index is -1.45. The normalized spacial score (nSPS) is 13.5. The number of ether oxygens (including phenoxy) is 2. The lowest BCUT2D eigenvalue weighted by Gasteiger charge is -2.37. The van der Waals surface area contributed by atoms with Crippen LogP contribution in [-0.2, 0) is 35.1 Å². The maximum Gasteiger partial charge on any atom is 0.408 e. The molecule has 0 radical (unpaired) electrons. The Hall–Kier alpha value is -4.67. The quantitative estimate of drug-likeness (QED) is 0.274. The molecule has 0 aliphatic carbocycles. The van der Waals surface area contributed by atoms with E-state index in [4.69, 9.17) is 15.2 Å². The second-order valence-corrected chi connectivity index (χ2v) is 13.3. The van der Waals surface area contributed by atoms with Crippen LogP contribution in [0.3, 0.4) is 0 Å². The molecule has 0 saturated heterocycles. The van der Waals surface area contributed by atoms with Crippen molar-refractivity contribution < 1.29 is 33.4 Å². The highest BCUT2D eigenvalue weighted by Crippen LogP contribution is 2.27. The summed E-state index contributed by atoms with van der Waals surface area (Å²) in [6, 6.07) is 11.5. The molecule has 0 bridgehead atoms. The first-order valence-electron chi connectivity index (χ1n) is 15.2. The van der Waals surface area contributed by atoms with E-state index in [2.05, 4.69) is 17.2 Å². The monoisotopic (exact) mass is 636 g/mol. The van der Waals surface area contributed by atoms with Gasteiger partial charge in [0.15, 0.2) is 0 Å². The number of benzene rings is 2. The minimum absolute atomic E-state index is 0.126. The molecule has 46 heavy (non-hydrogen) atoms. The van der Waals surface area contributed by atoms with Crippen LogP contribution in [0.15, 0.2) is 61.2 Å². The van der Waals surface area contributed by atoms with Crippen molar-refractivity contribution in [2.45, 2.75) is 104 Å². The van der Waals surface area contributed by atoms with Crippen LogP contribution in [0.25, 0.3) is 6.08 Å². The zero-order valence-corrected chi connectivity index (χ0v) is 28.1.